The Labute approximate surface area is 83.2 Å². The van der Waals surface area contributed by atoms with Crippen LogP contribution in [0.2, 0.25) is 0 Å². The van der Waals surface area contributed by atoms with Gasteiger partial charge in [0.2, 0.25) is 11.8 Å². The van der Waals surface area contributed by atoms with Crippen LogP contribution in [-0.4, -0.2) is 37.1 Å². The minimum atomic E-state index is -0.166. The number of ether oxygens (including phenoxy) is 1. The first-order valence-electron chi connectivity index (χ1n) is 4.75. The van der Waals surface area contributed by atoms with Crippen molar-refractivity contribution in [3.8, 4) is 0 Å². The van der Waals surface area contributed by atoms with Crippen LogP contribution in [0.25, 0.3) is 0 Å². The predicted molar refractivity (Wildman–Crippen MR) is 50.6 cm³/mol. The number of hydrogen-bond donors (Lipinski definition) is 2. The maximum absolute atomic E-state index is 11.2. The van der Waals surface area contributed by atoms with Crippen molar-refractivity contribution in [2.45, 2.75) is 32.4 Å². The Hall–Kier alpha value is -1.10. The van der Waals surface area contributed by atoms with Crippen molar-refractivity contribution in [1.82, 2.24) is 10.6 Å². The van der Waals surface area contributed by atoms with E-state index in [4.69, 9.17) is 4.74 Å². The molecule has 0 aromatic carbocycles. The van der Waals surface area contributed by atoms with Gasteiger partial charge in [-0.3, -0.25) is 9.59 Å². The molecule has 0 aromatic rings. The monoisotopic (exact) mass is 200 g/mol. The molecule has 5 nitrogen and oxygen atoms in total. The molecule has 2 N–H and O–H groups in total. The highest BCUT2D eigenvalue weighted by molar-refractivity contribution is 5.82. The molecule has 1 aliphatic heterocycles. The van der Waals surface area contributed by atoms with Crippen LogP contribution in [0.1, 0.15) is 20.3 Å². The van der Waals surface area contributed by atoms with Gasteiger partial charge in [0.05, 0.1) is 12.1 Å². The third-order valence-corrected chi connectivity index (χ3v) is 1.89. The Balaban J connectivity index is 2.17. The van der Waals surface area contributed by atoms with E-state index in [-0.39, 0.29) is 30.6 Å². The Morgan fingerprint density at radius 1 is 1.71 bits per heavy atom. The molecule has 1 aliphatic rings. The van der Waals surface area contributed by atoms with Crippen LogP contribution in [0.3, 0.4) is 0 Å². The molecule has 1 unspecified atom stereocenters. The van der Waals surface area contributed by atoms with Crippen molar-refractivity contribution in [3.05, 3.63) is 0 Å². The van der Waals surface area contributed by atoms with Crippen LogP contribution >= 0.6 is 0 Å². The Kier molecular flexibility index (Phi) is 3.88. The van der Waals surface area contributed by atoms with Crippen LogP contribution in [0.15, 0.2) is 0 Å². The molecule has 1 rings (SSSR count). The summed E-state index contributed by atoms with van der Waals surface area (Å²) in [6.07, 6.45) is 0.414. The minimum absolute atomic E-state index is 0.0138. The second-order valence-corrected chi connectivity index (χ2v) is 3.63. The molecule has 1 saturated heterocycles. The zero-order chi connectivity index (χ0) is 10.6. The summed E-state index contributed by atoms with van der Waals surface area (Å²) < 4.78 is 5.12. The van der Waals surface area contributed by atoms with Gasteiger partial charge < -0.3 is 15.4 Å². The Morgan fingerprint density at radius 3 is 2.93 bits per heavy atom. The highest BCUT2D eigenvalue weighted by Gasteiger charge is 2.22. The summed E-state index contributed by atoms with van der Waals surface area (Å²) in [7, 11) is 0. The smallest absolute Gasteiger partial charge is 0.246 e. The maximum atomic E-state index is 11.2. The average molecular weight is 200 g/mol. The minimum Gasteiger partial charge on any atom is -0.369 e. The molecular weight excluding hydrogens is 184 g/mol. The largest absolute Gasteiger partial charge is 0.369 e. The van der Waals surface area contributed by atoms with Gasteiger partial charge in [-0.25, -0.2) is 0 Å². The van der Waals surface area contributed by atoms with E-state index in [0.29, 0.717) is 13.0 Å². The summed E-state index contributed by atoms with van der Waals surface area (Å²) in [5.74, 6) is -0.180. The number of rotatable bonds is 4. The van der Waals surface area contributed by atoms with Crippen molar-refractivity contribution in [2.24, 2.45) is 0 Å². The first-order chi connectivity index (χ1) is 6.58. The van der Waals surface area contributed by atoms with Gasteiger partial charge in [0.1, 0.15) is 6.61 Å². The van der Waals surface area contributed by atoms with Gasteiger partial charge in [0.25, 0.3) is 0 Å². The average Bonchev–Trinajstić information content (AvgIpc) is 2.48. The molecule has 2 amide bonds. The molecule has 80 valence electrons. The number of hydrogen-bond acceptors (Lipinski definition) is 3. The number of nitrogens with one attached hydrogen (secondary N) is 2. The van der Waals surface area contributed by atoms with E-state index >= 15 is 0 Å². The van der Waals surface area contributed by atoms with Crippen molar-refractivity contribution in [2.75, 3.05) is 13.2 Å². The van der Waals surface area contributed by atoms with Gasteiger partial charge in [-0.2, -0.15) is 0 Å². The molecule has 0 radical (unpaired) electrons. The van der Waals surface area contributed by atoms with E-state index in [1.54, 1.807) is 0 Å². The molecule has 0 saturated carbocycles. The van der Waals surface area contributed by atoms with E-state index < -0.39 is 0 Å². The molecule has 0 aliphatic carbocycles. The van der Waals surface area contributed by atoms with Crippen LogP contribution in [0.5, 0.6) is 0 Å². The van der Waals surface area contributed by atoms with Crippen LogP contribution in [0, 0.1) is 0 Å². The fourth-order valence-electron chi connectivity index (χ4n) is 1.22. The number of carbonyl (C=O) groups excluding carboxylic acids is 2. The van der Waals surface area contributed by atoms with E-state index in [1.807, 2.05) is 13.8 Å². The summed E-state index contributed by atoms with van der Waals surface area (Å²) in [6.45, 7) is 4.32. The molecule has 1 heterocycles. The Bertz CT molecular complexity index is 228. The molecule has 0 spiro atoms. The number of amides is 2. The SMILES string of the molecule is CC(C)OCC(=O)NC1CNC(=O)C1. The van der Waals surface area contributed by atoms with Gasteiger partial charge in [-0.1, -0.05) is 0 Å². The normalized spacial score (nSPS) is 21.1. The van der Waals surface area contributed by atoms with Crippen molar-refractivity contribution in [1.29, 1.82) is 0 Å². The number of carbonyl (C=O) groups is 2. The molecular formula is C9H16N2O3. The fourth-order valence-corrected chi connectivity index (χ4v) is 1.22. The van der Waals surface area contributed by atoms with Crippen molar-refractivity contribution >= 4 is 11.8 Å². The summed E-state index contributed by atoms with van der Waals surface area (Å²) >= 11 is 0. The molecule has 5 heteroatoms. The molecule has 1 fully saturated rings. The third-order valence-electron chi connectivity index (χ3n) is 1.89. The third kappa shape index (κ3) is 3.74. The summed E-state index contributed by atoms with van der Waals surface area (Å²) in [5.41, 5.74) is 0. The lowest BCUT2D eigenvalue weighted by Crippen LogP contribution is -2.38. The van der Waals surface area contributed by atoms with Gasteiger partial charge in [-0.05, 0) is 13.8 Å². The molecule has 14 heavy (non-hydrogen) atoms. The molecule has 0 bridgehead atoms. The van der Waals surface area contributed by atoms with E-state index in [2.05, 4.69) is 10.6 Å². The Morgan fingerprint density at radius 2 is 2.43 bits per heavy atom. The first-order valence-corrected chi connectivity index (χ1v) is 4.75. The summed E-state index contributed by atoms with van der Waals surface area (Å²) in [6, 6.07) is -0.0780. The van der Waals surface area contributed by atoms with Crippen molar-refractivity contribution in [3.63, 3.8) is 0 Å². The van der Waals surface area contributed by atoms with Gasteiger partial charge in [0.15, 0.2) is 0 Å². The first kappa shape index (κ1) is 11.0. The second-order valence-electron chi connectivity index (χ2n) is 3.63. The topological polar surface area (TPSA) is 67.4 Å². The summed E-state index contributed by atoms with van der Waals surface area (Å²) in [4.78, 5) is 22.0. The van der Waals surface area contributed by atoms with E-state index in [9.17, 15) is 9.59 Å². The lowest BCUT2D eigenvalue weighted by molar-refractivity contribution is -0.127. The van der Waals surface area contributed by atoms with Gasteiger partial charge in [-0.15, -0.1) is 0 Å². The molecule has 1 atom stereocenters. The van der Waals surface area contributed by atoms with Crippen LogP contribution < -0.4 is 10.6 Å². The second kappa shape index (κ2) is 4.95. The van der Waals surface area contributed by atoms with Crippen LogP contribution in [-0.2, 0) is 14.3 Å². The zero-order valence-electron chi connectivity index (χ0n) is 8.50. The van der Waals surface area contributed by atoms with E-state index in [0.717, 1.165) is 0 Å². The predicted octanol–water partition coefficient (Wildman–Crippen LogP) is -0.584. The highest BCUT2D eigenvalue weighted by Crippen LogP contribution is 1.98. The van der Waals surface area contributed by atoms with Gasteiger partial charge in [0, 0.05) is 13.0 Å². The zero-order valence-corrected chi connectivity index (χ0v) is 8.50. The summed E-state index contributed by atoms with van der Waals surface area (Å²) in [5, 5.41) is 5.36. The maximum Gasteiger partial charge on any atom is 0.246 e. The fraction of sp³-hybridized carbons (Fsp3) is 0.778. The van der Waals surface area contributed by atoms with Crippen LogP contribution in [0.4, 0.5) is 0 Å². The quantitative estimate of drug-likeness (QED) is 0.637. The molecule has 0 aromatic heterocycles. The van der Waals surface area contributed by atoms with Gasteiger partial charge >= 0.3 is 0 Å². The van der Waals surface area contributed by atoms with E-state index in [1.165, 1.54) is 0 Å². The lowest BCUT2D eigenvalue weighted by Gasteiger charge is -2.11. The van der Waals surface area contributed by atoms with Crippen molar-refractivity contribution < 1.29 is 14.3 Å². The highest BCUT2D eigenvalue weighted by atomic mass is 16.5. The standard InChI is InChI=1S/C9H16N2O3/c1-6(2)14-5-9(13)11-7-3-8(12)10-4-7/h6-7H,3-5H2,1-2H3,(H,10,12)(H,11,13). The lowest BCUT2D eigenvalue weighted by atomic mass is 10.2.